The number of fused-ring (bicyclic) bond motifs is 3. The van der Waals surface area contributed by atoms with E-state index in [9.17, 15) is 23.2 Å². The van der Waals surface area contributed by atoms with Crippen molar-refractivity contribution in [1.29, 1.82) is 0 Å². The third-order valence-electron chi connectivity index (χ3n) is 10.3. The number of carbonyl (C=O) groups excluding carboxylic acids is 3. The van der Waals surface area contributed by atoms with Crippen molar-refractivity contribution < 1.29 is 23.2 Å². The summed E-state index contributed by atoms with van der Waals surface area (Å²) >= 11 is 0. The van der Waals surface area contributed by atoms with Crippen molar-refractivity contribution in [3.63, 3.8) is 0 Å². The van der Waals surface area contributed by atoms with Gasteiger partial charge in [0.25, 0.3) is 11.8 Å². The first kappa shape index (κ1) is 40.2. The van der Waals surface area contributed by atoms with Crippen LogP contribution in [0.4, 0.5) is 20.2 Å². The maximum absolute atomic E-state index is 13.7. The van der Waals surface area contributed by atoms with Crippen molar-refractivity contribution in [2.75, 3.05) is 50.5 Å². The van der Waals surface area contributed by atoms with Gasteiger partial charge in [0.2, 0.25) is 0 Å². The van der Waals surface area contributed by atoms with E-state index in [0.717, 1.165) is 78.9 Å². The van der Waals surface area contributed by atoms with Gasteiger partial charge in [-0.25, -0.2) is 13.8 Å². The van der Waals surface area contributed by atoms with Crippen LogP contribution in [-0.4, -0.2) is 101 Å². The van der Waals surface area contributed by atoms with Crippen molar-refractivity contribution in [2.24, 2.45) is 17.4 Å². The summed E-state index contributed by atoms with van der Waals surface area (Å²) in [5.74, 6) is 0.0148. The lowest BCUT2D eigenvalue weighted by atomic mass is 9.97. The molecule has 14 nitrogen and oxygen atoms in total. The molecule has 16 heteroatoms. The van der Waals surface area contributed by atoms with Crippen molar-refractivity contribution in [3.8, 4) is 11.1 Å². The average molecular weight is 774 g/mol. The van der Waals surface area contributed by atoms with Crippen LogP contribution in [-0.2, 0) is 22.7 Å². The van der Waals surface area contributed by atoms with E-state index in [-0.39, 0.29) is 42.5 Å². The Morgan fingerprint density at radius 2 is 1.66 bits per heavy atom. The molecule has 56 heavy (non-hydrogen) atoms. The van der Waals surface area contributed by atoms with E-state index < -0.39 is 18.3 Å². The highest BCUT2D eigenvalue weighted by Crippen LogP contribution is 2.44. The van der Waals surface area contributed by atoms with E-state index in [4.69, 9.17) is 16.6 Å². The molecule has 2 saturated carbocycles. The minimum Gasteiger partial charge on any atom is -0.393 e. The summed E-state index contributed by atoms with van der Waals surface area (Å²) in [4.78, 5) is 45.3. The molecular weight excluding hydrogens is 721 g/mol. The zero-order valence-corrected chi connectivity index (χ0v) is 32.5. The lowest BCUT2D eigenvalue weighted by Crippen LogP contribution is -2.48. The zero-order valence-electron chi connectivity index (χ0n) is 32.5. The minimum atomic E-state index is -1.66. The molecule has 0 spiro atoms. The van der Waals surface area contributed by atoms with Gasteiger partial charge in [0.15, 0.2) is 12.3 Å². The fourth-order valence-electron chi connectivity index (χ4n) is 6.86. The topological polar surface area (TPSA) is 180 Å². The molecule has 4 fully saturated rings. The second-order valence-electron chi connectivity index (χ2n) is 14.6. The Hall–Kier alpha value is -5.51. The third kappa shape index (κ3) is 9.12. The maximum atomic E-state index is 13.7. The lowest BCUT2D eigenvalue weighted by Gasteiger charge is -2.40. The monoisotopic (exact) mass is 773 g/mol. The predicted molar refractivity (Wildman–Crippen MR) is 211 cm³/mol. The summed E-state index contributed by atoms with van der Waals surface area (Å²) in [5, 5.41) is 14.0. The molecule has 2 amide bonds. The Labute approximate surface area is 326 Å². The molecule has 5 heterocycles. The number of nitrogens with zero attached hydrogens (tertiary/aromatic N) is 6. The van der Waals surface area contributed by atoms with E-state index in [1.807, 2.05) is 45.3 Å². The first-order valence-electron chi connectivity index (χ1n) is 19.4. The number of allylic oxidation sites excluding steroid dienone is 1. The molecule has 2 aromatic heterocycles. The number of nitrogens with two attached hydrogens (primary N) is 2. The Kier molecular flexibility index (Phi) is 12.6. The van der Waals surface area contributed by atoms with Gasteiger partial charge in [-0.1, -0.05) is 32.0 Å². The molecular formula is C40H53F2N11O3. The Morgan fingerprint density at radius 3 is 2.29 bits per heavy atom. The lowest BCUT2D eigenvalue weighted by molar-refractivity contribution is -0.117. The second-order valence-corrected chi connectivity index (χ2v) is 14.6. The van der Waals surface area contributed by atoms with Gasteiger partial charge in [0.1, 0.15) is 17.7 Å². The molecule has 300 valence electrons. The number of benzene rings is 1. The summed E-state index contributed by atoms with van der Waals surface area (Å²) in [6.07, 6.45) is 5.41. The number of hydrogen-bond donors (Lipinski definition) is 5. The Morgan fingerprint density at radius 1 is 0.964 bits per heavy atom. The van der Waals surface area contributed by atoms with E-state index >= 15 is 0 Å². The zero-order chi connectivity index (χ0) is 40.1. The number of alkyl halides is 2. The highest BCUT2D eigenvalue weighted by molar-refractivity contribution is 5.96. The molecule has 8 rings (SSSR count). The highest BCUT2D eigenvalue weighted by Gasteiger charge is 2.37. The van der Waals surface area contributed by atoms with Crippen LogP contribution in [0.5, 0.6) is 0 Å². The SMILES string of the molecule is CC.CN/C(N)=C/C(Nc1cccc2c1N(C)Cc1c-2cnn1C1CN(Cc2cccc(C(=O)N3CC(F)C(F)C3)n2)C1)=C(\N)C(=O)NC1CC1.O=CC1CC1. The van der Waals surface area contributed by atoms with Gasteiger partial charge in [-0.05, 0) is 43.9 Å². The quantitative estimate of drug-likeness (QED) is 0.109. The van der Waals surface area contributed by atoms with Crippen LogP contribution < -0.4 is 32.3 Å². The number of anilines is 2. The van der Waals surface area contributed by atoms with Gasteiger partial charge in [-0.2, -0.15) is 5.10 Å². The van der Waals surface area contributed by atoms with Gasteiger partial charge < -0.3 is 42.0 Å². The molecule has 5 aliphatic rings. The molecule has 2 unspecified atom stereocenters. The van der Waals surface area contributed by atoms with Gasteiger partial charge in [0, 0.05) is 62.9 Å². The molecule has 3 aromatic rings. The molecule has 2 atom stereocenters. The predicted octanol–water partition coefficient (Wildman–Crippen LogP) is 3.59. The van der Waals surface area contributed by atoms with Crippen molar-refractivity contribution in [2.45, 2.75) is 77.0 Å². The van der Waals surface area contributed by atoms with Crippen molar-refractivity contribution >= 4 is 29.5 Å². The number of hydrogen-bond acceptors (Lipinski definition) is 11. The van der Waals surface area contributed by atoms with E-state index in [1.54, 1.807) is 25.3 Å². The summed E-state index contributed by atoms with van der Waals surface area (Å²) in [6.45, 7) is 6.16. The molecule has 2 saturated heterocycles. The van der Waals surface area contributed by atoms with Gasteiger partial charge in [-0.3, -0.25) is 19.2 Å². The highest BCUT2D eigenvalue weighted by atomic mass is 19.2. The molecule has 0 bridgehead atoms. The van der Waals surface area contributed by atoms with Crippen LogP contribution in [0, 0.1) is 5.92 Å². The van der Waals surface area contributed by atoms with Gasteiger partial charge >= 0.3 is 0 Å². The fraction of sp³-hybridized carbons (Fsp3) is 0.475. The molecule has 1 aromatic carbocycles. The standard InChI is InChI=1S/C34H41F2N11O2.C4H6O.C2H6/c1-39-30(37)11-28(31(38)33(48)42-19-9-10-19)43-26-7-4-6-22-23-12-40-47(29(23)18-44(2)32(22)26)21-14-45(15-21)13-20-5-3-8-27(41-20)34(49)46-16-24(35)25(36)17-46;5-3-4-1-2-4;1-2/h3-8,11-12,19,21,24-25,39,43H,9-10,13-18,37-38H2,1-2H3,(H,42,48);3-4H,1-2H2;1-2H3/b30-11+,31-28+;;. The van der Waals surface area contributed by atoms with E-state index in [0.29, 0.717) is 30.5 Å². The average Bonchev–Trinajstić information content (AvgIpc) is 4.13. The number of aldehydes is 1. The van der Waals surface area contributed by atoms with Crippen LogP contribution in [0.3, 0.4) is 0 Å². The summed E-state index contributed by atoms with van der Waals surface area (Å²) < 4.78 is 29.4. The number of likely N-dealkylation sites (tertiary alicyclic amines) is 2. The number of amides is 2. The second kappa shape index (κ2) is 17.5. The van der Waals surface area contributed by atoms with Crippen molar-refractivity contribution in [3.05, 3.63) is 83.0 Å². The Balaban J connectivity index is 0.000000695. The summed E-state index contributed by atoms with van der Waals surface area (Å²) in [6, 6.07) is 11.5. The van der Waals surface area contributed by atoms with Crippen LogP contribution >= 0.6 is 0 Å². The van der Waals surface area contributed by atoms with E-state index in [1.165, 1.54) is 4.90 Å². The number of aromatic nitrogens is 3. The third-order valence-corrected chi connectivity index (χ3v) is 10.3. The minimum absolute atomic E-state index is 0.0502. The number of nitrogens with one attached hydrogen (secondary N) is 3. The molecule has 7 N–H and O–H groups in total. The van der Waals surface area contributed by atoms with Gasteiger partial charge in [0.05, 0.1) is 66.2 Å². The maximum Gasteiger partial charge on any atom is 0.272 e. The van der Waals surface area contributed by atoms with Gasteiger partial charge in [-0.15, -0.1) is 0 Å². The summed E-state index contributed by atoms with van der Waals surface area (Å²) in [7, 11) is 3.72. The normalized spacial score (nSPS) is 20.9. The number of carbonyl (C=O) groups is 3. The number of pyridine rings is 1. The van der Waals surface area contributed by atoms with E-state index in [2.05, 4.69) is 41.5 Å². The van der Waals surface area contributed by atoms with Crippen LogP contribution in [0.25, 0.3) is 11.1 Å². The molecule has 2 aliphatic carbocycles. The number of para-hydroxylation sites is 1. The summed E-state index contributed by atoms with van der Waals surface area (Å²) in [5.41, 5.74) is 18.7. The number of rotatable bonds is 11. The van der Waals surface area contributed by atoms with Crippen molar-refractivity contribution in [1.82, 2.24) is 35.2 Å². The Bertz CT molecular complexity index is 1960. The first-order chi connectivity index (χ1) is 27.0. The number of halogens is 2. The largest absolute Gasteiger partial charge is 0.393 e. The first-order valence-corrected chi connectivity index (χ1v) is 19.4. The van der Waals surface area contributed by atoms with Crippen LogP contribution in [0.1, 0.15) is 67.4 Å². The molecule has 0 radical (unpaired) electrons. The van der Waals surface area contributed by atoms with Crippen LogP contribution in [0.2, 0.25) is 0 Å². The smallest absolute Gasteiger partial charge is 0.272 e. The fourth-order valence-corrected chi connectivity index (χ4v) is 6.86. The van der Waals surface area contributed by atoms with Crippen LogP contribution in [0.15, 0.2) is 65.9 Å². The molecule has 3 aliphatic heterocycles.